The molecule has 0 atom stereocenters. The minimum absolute atomic E-state index is 0.944. The van der Waals surface area contributed by atoms with Gasteiger partial charge in [-0.2, -0.15) is 0 Å². The van der Waals surface area contributed by atoms with Crippen molar-refractivity contribution in [2.75, 3.05) is 0 Å². The zero-order valence-electron chi connectivity index (χ0n) is 11.8. The number of nitrogens with zero attached hydrogens (tertiary/aromatic N) is 1. The Morgan fingerprint density at radius 3 is 2.35 bits per heavy atom. The van der Waals surface area contributed by atoms with Gasteiger partial charge in [0.25, 0.3) is 0 Å². The fourth-order valence-corrected chi connectivity index (χ4v) is 1.89. The van der Waals surface area contributed by atoms with E-state index in [2.05, 4.69) is 38.9 Å². The molecule has 0 saturated carbocycles. The maximum atomic E-state index is 4.44. The standard InChI is InChI=1S/C16H27N/c1-6-10-12-16(14(5)17-13-8-3)15(9-4)11-7-2/h6,13H,1,5,7-12H2,2-4H3/b16-15+,17-13?. The molecule has 0 aliphatic carbocycles. The van der Waals surface area contributed by atoms with E-state index in [9.17, 15) is 0 Å². The third-order valence-corrected chi connectivity index (χ3v) is 2.78. The molecule has 0 aromatic rings. The van der Waals surface area contributed by atoms with Crippen molar-refractivity contribution in [1.82, 2.24) is 0 Å². The lowest BCUT2D eigenvalue weighted by Gasteiger charge is -2.13. The highest BCUT2D eigenvalue weighted by molar-refractivity contribution is 5.59. The van der Waals surface area contributed by atoms with Crippen LogP contribution in [0.3, 0.4) is 0 Å². The molecule has 0 bridgehead atoms. The first-order chi connectivity index (χ1) is 8.21. The summed E-state index contributed by atoms with van der Waals surface area (Å²) in [5, 5.41) is 0. The first kappa shape index (κ1) is 15.9. The summed E-state index contributed by atoms with van der Waals surface area (Å²) >= 11 is 0. The maximum Gasteiger partial charge on any atom is 0.0585 e. The number of hydrogen-bond acceptors (Lipinski definition) is 1. The number of aliphatic imine (C=N–C) groups is 1. The quantitative estimate of drug-likeness (QED) is 0.285. The molecular weight excluding hydrogens is 206 g/mol. The number of hydrogen-bond donors (Lipinski definition) is 0. The highest BCUT2D eigenvalue weighted by Crippen LogP contribution is 2.25. The fraction of sp³-hybridized carbons (Fsp3) is 0.562. The highest BCUT2D eigenvalue weighted by atomic mass is 14.7. The lowest BCUT2D eigenvalue weighted by molar-refractivity contribution is 0.819. The summed E-state index contributed by atoms with van der Waals surface area (Å²) in [5.74, 6) is 0. The van der Waals surface area contributed by atoms with Crippen molar-refractivity contribution < 1.29 is 0 Å². The van der Waals surface area contributed by atoms with E-state index in [1.165, 1.54) is 17.6 Å². The monoisotopic (exact) mass is 233 g/mol. The van der Waals surface area contributed by atoms with Crippen molar-refractivity contribution in [1.29, 1.82) is 0 Å². The van der Waals surface area contributed by atoms with Gasteiger partial charge in [-0.25, -0.2) is 0 Å². The molecule has 17 heavy (non-hydrogen) atoms. The van der Waals surface area contributed by atoms with E-state index < -0.39 is 0 Å². The van der Waals surface area contributed by atoms with Crippen LogP contribution in [0.2, 0.25) is 0 Å². The molecule has 0 aliphatic heterocycles. The summed E-state index contributed by atoms with van der Waals surface area (Å²) in [6, 6.07) is 0. The Bertz CT molecular complexity index is 295. The number of rotatable bonds is 9. The average Bonchev–Trinajstić information content (AvgIpc) is 2.35. The van der Waals surface area contributed by atoms with Crippen LogP contribution in [0.4, 0.5) is 0 Å². The van der Waals surface area contributed by atoms with Gasteiger partial charge < -0.3 is 0 Å². The lowest BCUT2D eigenvalue weighted by atomic mass is 9.95. The van der Waals surface area contributed by atoms with Crippen LogP contribution in [0.25, 0.3) is 0 Å². The Morgan fingerprint density at radius 2 is 1.88 bits per heavy atom. The molecule has 0 N–H and O–H groups in total. The molecule has 0 unspecified atom stereocenters. The van der Waals surface area contributed by atoms with Gasteiger partial charge in [0.1, 0.15) is 0 Å². The second-order valence-electron chi connectivity index (χ2n) is 4.18. The molecule has 0 saturated heterocycles. The molecule has 1 heteroatoms. The SMILES string of the molecule is C=CCC/C(C(=C)N=CCC)=C(/CC)CCC. The van der Waals surface area contributed by atoms with Crippen LogP contribution in [0.5, 0.6) is 0 Å². The minimum Gasteiger partial charge on any atom is -0.262 e. The van der Waals surface area contributed by atoms with Crippen LogP contribution in [0, 0.1) is 0 Å². The van der Waals surface area contributed by atoms with Crippen LogP contribution in [0.15, 0.2) is 41.1 Å². The molecule has 0 aliphatic rings. The van der Waals surface area contributed by atoms with E-state index in [0.717, 1.165) is 37.8 Å². The van der Waals surface area contributed by atoms with E-state index in [4.69, 9.17) is 0 Å². The zero-order chi connectivity index (χ0) is 13.1. The number of allylic oxidation sites excluding steroid dienone is 3. The first-order valence-electron chi connectivity index (χ1n) is 6.74. The van der Waals surface area contributed by atoms with Crippen molar-refractivity contribution in [2.45, 2.75) is 59.3 Å². The van der Waals surface area contributed by atoms with Crippen molar-refractivity contribution in [3.05, 3.63) is 36.1 Å². The summed E-state index contributed by atoms with van der Waals surface area (Å²) in [4.78, 5) is 4.44. The summed E-state index contributed by atoms with van der Waals surface area (Å²) in [6.07, 6.45) is 10.3. The molecule has 0 radical (unpaired) electrons. The third kappa shape index (κ3) is 6.25. The van der Waals surface area contributed by atoms with Crippen LogP contribution < -0.4 is 0 Å². The summed E-state index contributed by atoms with van der Waals surface area (Å²) in [7, 11) is 0. The molecule has 0 heterocycles. The first-order valence-corrected chi connectivity index (χ1v) is 6.74. The summed E-state index contributed by atoms with van der Waals surface area (Å²) in [6.45, 7) is 14.4. The van der Waals surface area contributed by atoms with Crippen LogP contribution in [-0.2, 0) is 0 Å². The predicted molar refractivity (Wildman–Crippen MR) is 79.6 cm³/mol. The van der Waals surface area contributed by atoms with E-state index in [0.29, 0.717) is 0 Å². The Labute approximate surface area is 107 Å². The molecule has 0 aromatic carbocycles. The Morgan fingerprint density at radius 1 is 1.18 bits per heavy atom. The normalized spacial score (nSPS) is 12.6. The molecule has 0 fully saturated rings. The van der Waals surface area contributed by atoms with Gasteiger partial charge in [-0.3, -0.25) is 4.99 Å². The molecule has 96 valence electrons. The summed E-state index contributed by atoms with van der Waals surface area (Å²) < 4.78 is 0. The van der Waals surface area contributed by atoms with Gasteiger partial charge in [0.15, 0.2) is 0 Å². The second-order valence-corrected chi connectivity index (χ2v) is 4.18. The molecule has 0 amide bonds. The largest absolute Gasteiger partial charge is 0.262 e. The zero-order valence-corrected chi connectivity index (χ0v) is 11.8. The third-order valence-electron chi connectivity index (χ3n) is 2.78. The van der Waals surface area contributed by atoms with E-state index in [-0.39, 0.29) is 0 Å². The predicted octanol–water partition coefficient (Wildman–Crippen LogP) is 5.45. The van der Waals surface area contributed by atoms with Gasteiger partial charge in [-0.15, -0.1) is 6.58 Å². The van der Waals surface area contributed by atoms with Crippen LogP contribution in [0.1, 0.15) is 59.3 Å². The summed E-state index contributed by atoms with van der Waals surface area (Å²) in [5.41, 5.74) is 3.80. The van der Waals surface area contributed by atoms with Gasteiger partial charge in [-0.05, 0) is 37.7 Å². The fourth-order valence-electron chi connectivity index (χ4n) is 1.89. The maximum absolute atomic E-state index is 4.44. The topological polar surface area (TPSA) is 12.4 Å². The van der Waals surface area contributed by atoms with Crippen molar-refractivity contribution in [3.63, 3.8) is 0 Å². The van der Waals surface area contributed by atoms with E-state index in [1.54, 1.807) is 0 Å². The van der Waals surface area contributed by atoms with Crippen molar-refractivity contribution >= 4 is 6.21 Å². The van der Waals surface area contributed by atoms with Crippen LogP contribution >= 0.6 is 0 Å². The second kappa shape index (κ2) is 10.1. The molecule has 0 spiro atoms. The van der Waals surface area contributed by atoms with Crippen molar-refractivity contribution in [3.8, 4) is 0 Å². The average molecular weight is 233 g/mol. The van der Waals surface area contributed by atoms with Crippen LogP contribution in [-0.4, -0.2) is 6.21 Å². The highest BCUT2D eigenvalue weighted by Gasteiger charge is 2.07. The minimum atomic E-state index is 0.944. The Balaban J connectivity index is 4.99. The Hall–Kier alpha value is -1.11. The molecular formula is C16H27N. The smallest absolute Gasteiger partial charge is 0.0585 e. The Kier molecular flexibility index (Phi) is 9.41. The van der Waals surface area contributed by atoms with Gasteiger partial charge in [-0.1, -0.05) is 45.4 Å². The van der Waals surface area contributed by atoms with Gasteiger partial charge in [0.05, 0.1) is 5.70 Å². The van der Waals surface area contributed by atoms with Gasteiger partial charge >= 0.3 is 0 Å². The van der Waals surface area contributed by atoms with Gasteiger partial charge in [0, 0.05) is 6.21 Å². The van der Waals surface area contributed by atoms with E-state index >= 15 is 0 Å². The molecule has 0 rings (SSSR count). The van der Waals surface area contributed by atoms with Crippen molar-refractivity contribution in [2.24, 2.45) is 4.99 Å². The lowest BCUT2D eigenvalue weighted by Crippen LogP contribution is -1.95. The van der Waals surface area contributed by atoms with Gasteiger partial charge in [0.2, 0.25) is 0 Å². The molecule has 0 aromatic heterocycles. The molecule has 1 nitrogen and oxygen atoms in total. The van der Waals surface area contributed by atoms with E-state index in [1.807, 2.05) is 12.3 Å².